The van der Waals surface area contributed by atoms with Crippen molar-refractivity contribution in [3.8, 4) is 11.8 Å². The molecule has 2 aliphatic rings. The Kier molecular flexibility index (Phi) is 4.96. The average molecular weight is 377 g/mol. The molecule has 0 aliphatic carbocycles. The van der Waals surface area contributed by atoms with Crippen molar-refractivity contribution in [3.05, 3.63) is 59.7 Å². The van der Waals surface area contributed by atoms with Crippen molar-refractivity contribution < 1.29 is 19.1 Å². The molecule has 2 aliphatic heterocycles. The summed E-state index contributed by atoms with van der Waals surface area (Å²) in [5, 5.41) is 9.12. The minimum absolute atomic E-state index is 0.114. The van der Waals surface area contributed by atoms with Crippen molar-refractivity contribution in [2.45, 2.75) is 6.10 Å². The topological polar surface area (TPSA) is 82.9 Å². The van der Waals surface area contributed by atoms with Crippen molar-refractivity contribution >= 4 is 17.5 Å². The van der Waals surface area contributed by atoms with Crippen LogP contribution in [0, 0.1) is 11.3 Å². The van der Waals surface area contributed by atoms with E-state index in [1.807, 2.05) is 12.1 Å². The fourth-order valence-electron chi connectivity index (χ4n) is 3.42. The molecule has 1 fully saturated rings. The van der Waals surface area contributed by atoms with Gasteiger partial charge in [0.1, 0.15) is 5.75 Å². The number of para-hydroxylation sites is 2. The molecule has 0 N–H and O–H groups in total. The smallest absolute Gasteiger partial charge is 0.265 e. The highest BCUT2D eigenvalue weighted by Crippen LogP contribution is 2.34. The van der Waals surface area contributed by atoms with Crippen LogP contribution in [0.1, 0.15) is 15.9 Å². The van der Waals surface area contributed by atoms with Crippen molar-refractivity contribution in [2.24, 2.45) is 0 Å². The Labute approximate surface area is 162 Å². The zero-order valence-electron chi connectivity index (χ0n) is 15.2. The van der Waals surface area contributed by atoms with E-state index in [-0.39, 0.29) is 18.4 Å². The van der Waals surface area contributed by atoms with Crippen LogP contribution >= 0.6 is 0 Å². The molecule has 2 heterocycles. The number of carbonyl (C=O) groups excluding carboxylic acids is 2. The molecule has 7 nitrogen and oxygen atoms in total. The summed E-state index contributed by atoms with van der Waals surface area (Å²) in [4.78, 5) is 29.4. The van der Waals surface area contributed by atoms with Crippen molar-refractivity contribution in [1.82, 2.24) is 4.90 Å². The number of benzene rings is 2. The summed E-state index contributed by atoms with van der Waals surface area (Å²) in [6.45, 7) is 2.14. The molecule has 0 bridgehead atoms. The summed E-state index contributed by atoms with van der Waals surface area (Å²) < 4.78 is 11.2. The lowest BCUT2D eigenvalue weighted by molar-refractivity contribution is -0.142. The van der Waals surface area contributed by atoms with E-state index in [0.29, 0.717) is 48.9 Å². The maximum Gasteiger partial charge on any atom is 0.265 e. The highest BCUT2D eigenvalue weighted by Gasteiger charge is 2.36. The lowest BCUT2D eigenvalue weighted by Crippen LogP contribution is -2.54. The molecule has 4 rings (SSSR count). The van der Waals surface area contributed by atoms with E-state index >= 15 is 0 Å². The Bertz CT molecular complexity index is 947. The minimum atomic E-state index is -0.781. The van der Waals surface area contributed by atoms with Gasteiger partial charge in [0, 0.05) is 18.7 Å². The number of nitriles is 1. The molecule has 0 spiro atoms. The third kappa shape index (κ3) is 3.42. The zero-order valence-corrected chi connectivity index (χ0v) is 15.2. The lowest BCUT2D eigenvalue weighted by Gasteiger charge is -2.37. The van der Waals surface area contributed by atoms with Gasteiger partial charge >= 0.3 is 0 Å². The molecule has 0 aromatic heterocycles. The molecule has 28 heavy (non-hydrogen) atoms. The predicted molar refractivity (Wildman–Crippen MR) is 101 cm³/mol. The SMILES string of the molecule is N#Cc1cccc(C(=O)N2C[C@H](C(=O)N3CCOCC3)Oc3ccccc32)c1. The number of ether oxygens (including phenoxy) is 2. The highest BCUT2D eigenvalue weighted by atomic mass is 16.5. The van der Waals surface area contributed by atoms with Gasteiger partial charge in [-0.1, -0.05) is 18.2 Å². The Hall–Kier alpha value is -3.37. The second-order valence-electron chi connectivity index (χ2n) is 6.62. The van der Waals surface area contributed by atoms with E-state index in [1.54, 1.807) is 52.3 Å². The molecule has 0 radical (unpaired) electrons. The van der Waals surface area contributed by atoms with Gasteiger partial charge in [0.15, 0.2) is 6.10 Å². The van der Waals surface area contributed by atoms with E-state index < -0.39 is 6.10 Å². The van der Waals surface area contributed by atoms with Crippen molar-refractivity contribution in [3.63, 3.8) is 0 Å². The second kappa shape index (κ2) is 7.71. The summed E-state index contributed by atoms with van der Waals surface area (Å²) in [6, 6.07) is 15.8. The van der Waals surface area contributed by atoms with Crippen molar-refractivity contribution in [2.75, 3.05) is 37.7 Å². The number of nitrogens with zero attached hydrogens (tertiary/aromatic N) is 3. The molecule has 0 unspecified atom stereocenters. The van der Waals surface area contributed by atoms with E-state index in [0.717, 1.165) is 0 Å². The largest absolute Gasteiger partial charge is 0.476 e. The van der Waals surface area contributed by atoms with Gasteiger partial charge in [-0.05, 0) is 30.3 Å². The molecule has 1 atom stereocenters. The van der Waals surface area contributed by atoms with Crippen LogP contribution in [-0.2, 0) is 9.53 Å². The first-order valence-electron chi connectivity index (χ1n) is 9.11. The van der Waals surface area contributed by atoms with Crippen LogP contribution in [0.4, 0.5) is 5.69 Å². The van der Waals surface area contributed by atoms with Crippen LogP contribution in [0.15, 0.2) is 48.5 Å². The number of hydrogen-bond donors (Lipinski definition) is 0. The molecular formula is C21H19N3O4. The minimum Gasteiger partial charge on any atom is -0.476 e. The number of rotatable bonds is 2. The molecule has 7 heteroatoms. The molecule has 142 valence electrons. The Morgan fingerprint density at radius 1 is 1.07 bits per heavy atom. The molecular weight excluding hydrogens is 358 g/mol. The maximum atomic E-state index is 13.2. The van der Waals surface area contributed by atoms with Gasteiger partial charge in [-0.25, -0.2) is 0 Å². The number of morpholine rings is 1. The summed E-state index contributed by atoms with van der Waals surface area (Å²) in [6.07, 6.45) is -0.781. The van der Waals surface area contributed by atoms with Gasteiger partial charge in [0.25, 0.3) is 11.8 Å². The molecule has 0 saturated carbocycles. The van der Waals surface area contributed by atoms with Gasteiger partial charge in [0.2, 0.25) is 0 Å². The van der Waals surface area contributed by atoms with Crippen LogP contribution in [-0.4, -0.2) is 55.7 Å². The quantitative estimate of drug-likeness (QED) is 0.797. The fraction of sp³-hybridized carbons (Fsp3) is 0.286. The zero-order chi connectivity index (χ0) is 19.5. The number of anilines is 1. The monoisotopic (exact) mass is 377 g/mol. The number of fused-ring (bicyclic) bond motifs is 1. The average Bonchev–Trinajstić information content (AvgIpc) is 2.78. The van der Waals surface area contributed by atoms with E-state index in [2.05, 4.69) is 0 Å². The molecule has 1 saturated heterocycles. The number of carbonyl (C=O) groups is 2. The van der Waals surface area contributed by atoms with Gasteiger partial charge in [-0.2, -0.15) is 5.26 Å². The lowest BCUT2D eigenvalue weighted by atomic mass is 10.1. The van der Waals surface area contributed by atoms with Crippen LogP contribution < -0.4 is 9.64 Å². The summed E-state index contributed by atoms with van der Waals surface area (Å²) in [5.41, 5.74) is 1.42. The third-order valence-corrected chi connectivity index (χ3v) is 4.86. The van der Waals surface area contributed by atoms with Crippen molar-refractivity contribution in [1.29, 1.82) is 5.26 Å². The van der Waals surface area contributed by atoms with E-state index in [4.69, 9.17) is 14.7 Å². The summed E-state index contributed by atoms with van der Waals surface area (Å²) in [7, 11) is 0. The second-order valence-corrected chi connectivity index (χ2v) is 6.62. The normalized spacial score (nSPS) is 18.6. The number of amides is 2. The van der Waals surface area contributed by atoms with Crippen LogP contribution in [0.3, 0.4) is 0 Å². The predicted octanol–water partition coefficient (Wildman–Crippen LogP) is 1.82. The number of hydrogen-bond acceptors (Lipinski definition) is 5. The Balaban J connectivity index is 1.64. The van der Waals surface area contributed by atoms with Crippen LogP contribution in [0.25, 0.3) is 0 Å². The van der Waals surface area contributed by atoms with Gasteiger partial charge < -0.3 is 19.3 Å². The Morgan fingerprint density at radius 2 is 1.86 bits per heavy atom. The summed E-state index contributed by atoms with van der Waals surface area (Å²) >= 11 is 0. The maximum absolute atomic E-state index is 13.2. The molecule has 2 amide bonds. The summed E-state index contributed by atoms with van der Waals surface area (Å²) in [5.74, 6) is 0.0687. The first-order chi connectivity index (χ1) is 13.7. The van der Waals surface area contributed by atoms with E-state index in [9.17, 15) is 9.59 Å². The highest BCUT2D eigenvalue weighted by molar-refractivity contribution is 6.08. The van der Waals surface area contributed by atoms with Gasteiger partial charge in [-0.15, -0.1) is 0 Å². The third-order valence-electron chi connectivity index (χ3n) is 4.86. The van der Waals surface area contributed by atoms with Gasteiger partial charge in [-0.3, -0.25) is 9.59 Å². The molecule has 2 aromatic rings. The van der Waals surface area contributed by atoms with E-state index in [1.165, 1.54) is 0 Å². The van der Waals surface area contributed by atoms with Gasteiger partial charge in [0.05, 0.1) is 37.1 Å². The van der Waals surface area contributed by atoms with Crippen LogP contribution in [0.5, 0.6) is 5.75 Å². The van der Waals surface area contributed by atoms with Crippen LogP contribution in [0.2, 0.25) is 0 Å². The standard InChI is InChI=1S/C21H19N3O4/c22-13-15-4-3-5-16(12-15)20(25)24-14-19(21(26)23-8-10-27-11-9-23)28-18-7-2-1-6-17(18)24/h1-7,12,19H,8-11,14H2/t19-/m1/s1. The molecule has 2 aromatic carbocycles. The Morgan fingerprint density at radius 3 is 2.64 bits per heavy atom. The first-order valence-corrected chi connectivity index (χ1v) is 9.11. The first kappa shape index (κ1) is 18.0. The fourth-order valence-corrected chi connectivity index (χ4v) is 3.42.